The van der Waals surface area contributed by atoms with Crippen molar-refractivity contribution in [3.63, 3.8) is 0 Å². The average molecular weight is 630 g/mol. The summed E-state index contributed by atoms with van der Waals surface area (Å²) >= 11 is 12.3. The molecule has 8 nitrogen and oxygen atoms in total. The first-order valence-electron chi connectivity index (χ1n) is 14.7. The molecule has 2 N–H and O–H groups in total. The third-order valence-electron chi connectivity index (χ3n) is 9.33. The van der Waals surface area contributed by atoms with Crippen molar-refractivity contribution in [2.75, 3.05) is 20.1 Å². The number of aromatic nitrogens is 2. The van der Waals surface area contributed by atoms with Crippen molar-refractivity contribution in [3.8, 4) is 0 Å². The van der Waals surface area contributed by atoms with Gasteiger partial charge in [0.15, 0.2) is 0 Å². The van der Waals surface area contributed by atoms with E-state index >= 15 is 4.39 Å². The molecule has 228 valence electrons. The van der Waals surface area contributed by atoms with Crippen LogP contribution in [0.15, 0.2) is 48.8 Å². The van der Waals surface area contributed by atoms with Crippen LogP contribution in [0.5, 0.6) is 0 Å². The van der Waals surface area contributed by atoms with Gasteiger partial charge in [-0.25, -0.2) is 14.4 Å². The van der Waals surface area contributed by atoms with E-state index in [4.69, 9.17) is 27.9 Å². The fraction of sp³-hybridized carbons (Fsp3) is 0.469. The molecule has 43 heavy (non-hydrogen) atoms. The molecule has 3 aliphatic rings. The van der Waals surface area contributed by atoms with Gasteiger partial charge < -0.3 is 19.8 Å². The Morgan fingerprint density at radius 3 is 2.35 bits per heavy atom. The maximum absolute atomic E-state index is 16.8. The zero-order chi connectivity index (χ0) is 30.5. The van der Waals surface area contributed by atoms with E-state index in [1.165, 1.54) is 23.4 Å². The summed E-state index contributed by atoms with van der Waals surface area (Å²) < 4.78 is 23.5. The summed E-state index contributed by atoms with van der Waals surface area (Å²) in [4.78, 5) is 26.7. The van der Waals surface area contributed by atoms with Crippen molar-refractivity contribution in [2.24, 2.45) is 5.92 Å². The summed E-state index contributed by atoms with van der Waals surface area (Å²) in [5, 5.41) is 23.0. The molecule has 11 heteroatoms. The van der Waals surface area contributed by atoms with Crippen LogP contribution in [-0.4, -0.2) is 68.2 Å². The molecule has 1 aliphatic carbocycles. The molecule has 0 unspecified atom stereocenters. The molecule has 2 aromatic carbocycles. The monoisotopic (exact) mass is 628 g/mol. The van der Waals surface area contributed by atoms with E-state index in [2.05, 4.69) is 14.9 Å². The van der Waals surface area contributed by atoms with Crippen LogP contribution >= 0.6 is 23.2 Å². The number of fused-ring (bicyclic) bond motifs is 1. The normalized spacial score (nSPS) is 25.8. The van der Waals surface area contributed by atoms with Crippen LogP contribution in [0.4, 0.5) is 4.39 Å². The smallest absolute Gasteiger partial charge is 0.257 e. The van der Waals surface area contributed by atoms with E-state index in [-0.39, 0.29) is 29.4 Å². The number of aliphatic hydroxyl groups excluding tert-OH is 1. The number of nitrogens with zero attached hydrogens (tertiary/aromatic N) is 4. The van der Waals surface area contributed by atoms with E-state index in [0.29, 0.717) is 40.4 Å². The summed E-state index contributed by atoms with van der Waals surface area (Å²) in [7, 11) is 2.05. The molecule has 2 aliphatic heterocycles. The van der Waals surface area contributed by atoms with Gasteiger partial charge in [0.1, 0.15) is 11.6 Å². The highest BCUT2D eigenvalue weighted by Crippen LogP contribution is 2.51. The summed E-state index contributed by atoms with van der Waals surface area (Å²) in [5.74, 6) is -0.936. The predicted octanol–water partition coefficient (Wildman–Crippen LogP) is 5.26. The Bertz CT molecular complexity index is 1500. The lowest BCUT2D eigenvalue weighted by molar-refractivity contribution is -0.191. The zero-order valence-corrected chi connectivity index (χ0v) is 25.7. The highest BCUT2D eigenvalue weighted by molar-refractivity contribution is 6.30. The van der Waals surface area contributed by atoms with Crippen molar-refractivity contribution >= 4 is 29.1 Å². The molecule has 3 aromatic rings. The quantitative estimate of drug-likeness (QED) is 0.351. The van der Waals surface area contributed by atoms with Gasteiger partial charge in [-0.3, -0.25) is 9.69 Å². The lowest BCUT2D eigenvalue weighted by Gasteiger charge is -2.45. The summed E-state index contributed by atoms with van der Waals surface area (Å²) in [6.45, 7) is 3.44. The maximum Gasteiger partial charge on any atom is 0.257 e. The number of aliphatic hydroxyl groups is 2. The first-order valence-corrected chi connectivity index (χ1v) is 15.5. The van der Waals surface area contributed by atoms with Gasteiger partial charge >= 0.3 is 0 Å². The second kappa shape index (κ2) is 11.7. The van der Waals surface area contributed by atoms with Gasteiger partial charge in [0, 0.05) is 23.0 Å². The second-order valence-corrected chi connectivity index (χ2v) is 12.8. The van der Waals surface area contributed by atoms with Gasteiger partial charge in [0.2, 0.25) is 5.72 Å². The Balaban J connectivity index is 1.53. The number of amides is 1. The van der Waals surface area contributed by atoms with E-state index in [1.807, 2.05) is 14.0 Å². The number of carbonyl (C=O) groups excluding carboxylic acids is 1. The molecule has 2 atom stereocenters. The van der Waals surface area contributed by atoms with E-state index in [0.717, 1.165) is 25.9 Å². The van der Waals surface area contributed by atoms with Gasteiger partial charge in [0.05, 0.1) is 40.5 Å². The molecule has 0 spiro atoms. The predicted molar refractivity (Wildman–Crippen MR) is 160 cm³/mol. The molecule has 6 rings (SSSR count). The van der Waals surface area contributed by atoms with Crippen LogP contribution in [0.2, 0.25) is 10.0 Å². The van der Waals surface area contributed by atoms with Crippen molar-refractivity contribution in [1.82, 2.24) is 19.8 Å². The van der Waals surface area contributed by atoms with E-state index in [9.17, 15) is 15.0 Å². The number of rotatable bonds is 8. The number of halogens is 3. The Morgan fingerprint density at radius 1 is 1.09 bits per heavy atom. The van der Waals surface area contributed by atoms with Gasteiger partial charge in [0.25, 0.3) is 5.91 Å². The average Bonchev–Trinajstić information content (AvgIpc) is 3.21. The minimum absolute atomic E-state index is 0.0563. The van der Waals surface area contributed by atoms with Gasteiger partial charge in [-0.1, -0.05) is 42.3 Å². The maximum atomic E-state index is 16.8. The van der Waals surface area contributed by atoms with Crippen molar-refractivity contribution in [1.29, 1.82) is 0 Å². The van der Waals surface area contributed by atoms with Crippen LogP contribution in [0.1, 0.15) is 71.9 Å². The molecule has 1 saturated heterocycles. The lowest BCUT2D eigenvalue weighted by Crippen LogP contribution is -2.52. The van der Waals surface area contributed by atoms with Crippen molar-refractivity contribution in [2.45, 2.75) is 69.1 Å². The second-order valence-electron chi connectivity index (χ2n) is 12.0. The van der Waals surface area contributed by atoms with Gasteiger partial charge in [-0.15, -0.1) is 0 Å². The topological polar surface area (TPSA) is 99.0 Å². The summed E-state index contributed by atoms with van der Waals surface area (Å²) in [6, 6.07) is 9.75. The Morgan fingerprint density at radius 2 is 1.74 bits per heavy atom. The minimum atomic E-state index is -1.70. The highest BCUT2D eigenvalue weighted by Gasteiger charge is 2.57. The third kappa shape index (κ3) is 5.34. The first kappa shape index (κ1) is 30.4. The SMILES string of the molecule is CC[C@@](O)(c1cc(F)c2c(c1)C(=O)N(Cc1ncc(Cl)cn1)[C@@]2(OC1CC(O)C1)c1ccc(Cl)cc1)C1CCN(C)CC1. The molecule has 0 bridgehead atoms. The fourth-order valence-corrected chi connectivity index (χ4v) is 7.02. The molecular weight excluding hydrogens is 594 g/mol. The van der Waals surface area contributed by atoms with Gasteiger partial charge in [-0.05, 0) is 88.0 Å². The fourth-order valence-electron chi connectivity index (χ4n) is 6.79. The number of carbonyl (C=O) groups is 1. The van der Waals surface area contributed by atoms with Gasteiger partial charge in [-0.2, -0.15) is 0 Å². The van der Waals surface area contributed by atoms with E-state index < -0.39 is 35.3 Å². The summed E-state index contributed by atoms with van der Waals surface area (Å²) in [6.07, 6.45) is 4.46. The minimum Gasteiger partial charge on any atom is -0.393 e. The lowest BCUT2D eigenvalue weighted by atomic mass is 9.73. The molecule has 3 heterocycles. The molecule has 1 saturated carbocycles. The van der Waals surface area contributed by atoms with E-state index in [1.54, 1.807) is 30.3 Å². The Kier molecular flexibility index (Phi) is 8.25. The van der Waals surface area contributed by atoms with Crippen LogP contribution in [0.25, 0.3) is 0 Å². The van der Waals surface area contributed by atoms with Crippen LogP contribution in [-0.2, 0) is 22.6 Å². The molecule has 0 radical (unpaired) electrons. The number of piperidine rings is 1. The first-order chi connectivity index (χ1) is 20.5. The number of likely N-dealkylation sites (tertiary alicyclic amines) is 1. The zero-order valence-electron chi connectivity index (χ0n) is 24.1. The Labute approximate surface area is 260 Å². The molecule has 1 aromatic heterocycles. The summed E-state index contributed by atoms with van der Waals surface area (Å²) in [5.41, 5.74) is -1.98. The van der Waals surface area contributed by atoms with Crippen molar-refractivity contribution in [3.05, 3.63) is 92.7 Å². The van der Waals surface area contributed by atoms with Crippen LogP contribution in [0.3, 0.4) is 0 Å². The van der Waals surface area contributed by atoms with Crippen LogP contribution < -0.4 is 0 Å². The highest BCUT2D eigenvalue weighted by atomic mass is 35.5. The number of ether oxygens (including phenoxy) is 1. The third-order valence-corrected chi connectivity index (χ3v) is 9.78. The molecule has 1 amide bonds. The Hall–Kier alpha value is -2.66. The van der Waals surface area contributed by atoms with Crippen LogP contribution in [0, 0.1) is 11.7 Å². The molecule has 2 fully saturated rings. The number of hydrogen-bond donors (Lipinski definition) is 2. The number of benzene rings is 2. The molecular formula is C32H35Cl2FN4O4. The number of hydrogen-bond acceptors (Lipinski definition) is 7. The standard InChI is InChI=1S/C32H35Cl2FN4O4/c1-3-31(42,19-8-10-38(2)11-9-19)21-12-26-29(27(35)13-21)32(43-25-14-24(40)15-25,20-4-6-22(33)7-5-20)39(30(26)41)18-28-36-16-23(34)17-37-28/h4-7,12-13,16-17,19,24-25,40,42H,3,8-11,14-15,18H2,1-2H3/t24?,25?,31-,32+/m0/s1. The van der Waals surface area contributed by atoms with Crippen molar-refractivity contribution < 1.29 is 24.1 Å². The largest absolute Gasteiger partial charge is 0.393 e.